The van der Waals surface area contributed by atoms with E-state index in [4.69, 9.17) is 0 Å². The van der Waals surface area contributed by atoms with Crippen LogP contribution in [0.1, 0.15) is 48.5 Å². The molecular formula is C12H27N. The Labute approximate surface area is 84.3 Å². The minimum Gasteiger partial charge on any atom is -0.316 e. The van der Waals surface area contributed by atoms with Gasteiger partial charge in [-0.2, -0.15) is 0 Å². The van der Waals surface area contributed by atoms with E-state index < -0.39 is 0 Å². The van der Waals surface area contributed by atoms with E-state index in [1.807, 2.05) is 0 Å². The summed E-state index contributed by atoms with van der Waals surface area (Å²) in [5.74, 6) is 0.736. The van der Waals surface area contributed by atoms with Gasteiger partial charge in [0.1, 0.15) is 0 Å². The summed E-state index contributed by atoms with van der Waals surface area (Å²) in [7, 11) is 0. The molecule has 0 rings (SSSR count). The van der Waals surface area contributed by atoms with Gasteiger partial charge in [-0.05, 0) is 16.7 Å². The quantitative estimate of drug-likeness (QED) is 0.708. The zero-order chi connectivity index (χ0) is 10.7. The van der Waals surface area contributed by atoms with Crippen molar-refractivity contribution in [3.8, 4) is 0 Å². The maximum Gasteiger partial charge on any atom is 0.000519 e. The first-order chi connectivity index (χ1) is 5.65. The molecule has 0 amide bonds. The number of nitrogens with one attached hydrogen (secondary N) is 1. The van der Waals surface area contributed by atoms with E-state index in [0.29, 0.717) is 10.8 Å². The fraction of sp³-hybridized carbons (Fsp3) is 1.00. The Morgan fingerprint density at radius 2 is 1.38 bits per heavy atom. The molecule has 0 fully saturated rings. The maximum absolute atomic E-state index is 3.55. The van der Waals surface area contributed by atoms with Crippen LogP contribution in [-0.4, -0.2) is 13.1 Å². The summed E-state index contributed by atoms with van der Waals surface area (Å²) in [4.78, 5) is 0. The van der Waals surface area contributed by atoms with Crippen molar-refractivity contribution >= 4 is 0 Å². The van der Waals surface area contributed by atoms with Crippen LogP contribution in [0, 0.1) is 16.7 Å². The topological polar surface area (TPSA) is 12.0 Å². The highest BCUT2D eigenvalue weighted by molar-refractivity contribution is 4.76. The molecule has 0 saturated carbocycles. The molecule has 0 bridgehead atoms. The fourth-order valence-corrected chi connectivity index (χ4v) is 0.964. The van der Waals surface area contributed by atoms with Gasteiger partial charge in [0.25, 0.3) is 0 Å². The van der Waals surface area contributed by atoms with Crippen molar-refractivity contribution in [1.29, 1.82) is 0 Å². The SMILES string of the molecule is CC(C)C(C)(C)CNCC(C)(C)C. The third-order valence-electron chi connectivity index (χ3n) is 2.80. The zero-order valence-corrected chi connectivity index (χ0v) is 10.5. The summed E-state index contributed by atoms with van der Waals surface area (Å²) in [6, 6.07) is 0. The number of hydrogen-bond donors (Lipinski definition) is 1. The molecule has 0 aromatic heterocycles. The van der Waals surface area contributed by atoms with Crippen LogP contribution >= 0.6 is 0 Å². The van der Waals surface area contributed by atoms with Crippen LogP contribution in [0.5, 0.6) is 0 Å². The van der Waals surface area contributed by atoms with Gasteiger partial charge in [-0.3, -0.25) is 0 Å². The van der Waals surface area contributed by atoms with Crippen molar-refractivity contribution in [3.05, 3.63) is 0 Å². The van der Waals surface area contributed by atoms with Crippen LogP contribution < -0.4 is 5.32 Å². The van der Waals surface area contributed by atoms with Crippen molar-refractivity contribution in [2.24, 2.45) is 16.7 Å². The Bertz CT molecular complexity index is 140. The molecule has 0 aliphatic rings. The second-order valence-corrected chi connectivity index (χ2v) is 6.31. The van der Waals surface area contributed by atoms with E-state index in [1.165, 1.54) is 0 Å². The molecule has 0 atom stereocenters. The van der Waals surface area contributed by atoms with Gasteiger partial charge in [-0.25, -0.2) is 0 Å². The third-order valence-corrected chi connectivity index (χ3v) is 2.80. The highest BCUT2D eigenvalue weighted by atomic mass is 14.9. The average molecular weight is 185 g/mol. The van der Waals surface area contributed by atoms with E-state index in [1.54, 1.807) is 0 Å². The van der Waals surface area contributed by atoms with Crippen LogP contribution in [0.15, 0.2) is 0 Å². The van der Waals surface area contributed by atoms with Gasteiger partial charge in [-0.15, -0.1) is 0 Å². The summed E-state index contributed by atoms with van der Waals surface area (Å²) < 4.78 is 0. The van der Waals surface area contributed by atoms with Gasteiger partial charge in [0.15, 0.2) is 0 Å². The van der Waals surface area contributed by atoms with Crippen molar-refractivity contribution in [1.82, 2.24) is 5.32 Å². The Morgan fingerprint density at radius 3 is 1.69 bits per heavy atom. The van der Waals surface area contributed by atoms with Gasteiger partial charge in [-0.1, -0.05) is 48.5 Å². The number of hydrogen-bond acceptors (Lipinski definition) is 1. The third kappa shape index (κ3) is 6.09. The normalized spacial score (nSPS) is 13.8. The molecule has 0 aromatic carbocycles. The molecule has 80 valence electrons. The lowest BCUT2D eigenvalue weighted by molar-refractivity contribution is 0.225. The minimum absolute atomic E-state index is 0.396. The van der Waals surface area contributed by atoms with Gasteiger partial charge in [0.05, 0.1) is 0 Å². The van der Waals surface area contributed by atoms with Crippen LogP contribution in [0.4, 0.5) is 0 Å². The molecule has 0 aromatic rings. The van der Waals surface area contributed by atoms with E-state index in [-0.39, 0.29) is 0 Å². The first kappa shape index (κ1) is 13.0. The largest absolute Gasteiger partial charge is 0.316 e. The summed E-state index contributed by atoms with van der Waals surface area (Å²) in [6.45, 7) is 18.2. The lowest BCUT2D eigenvalue weighted by atomic mass is 9.81. The van der Waals surface area contributed by atoms with Crippen LogP contribution in [0.25, 0.3) is 0 Å². The second-order valence-electron chi connectivity index (χ2n) is 6.31. The lowest BCUT2D eigenvalue weighted by Crippen LogP contribution is -2.37. The summed E-state index contributed by atoms with van der Waals surface area (Å²) in [5.41, 5.74) is 0.804. The van der Waals surface area contributed by atoms with Crippen LogP contribution in [0.3, 0.4) is 0 Å². The molecular weight excluding hydrogens is 158 g/mol. The predicted molar refractivity (Wildman–Crippen MR) is 60.9 cm³/mol. The van der Waals surface area contributed by atoms with E-state index >= 15 is 0 Å². The molecule has 0 radical (unpaired) electrons. The van der Waals surface area contributed by atoms with E-state index in [9.17, 15) is 0 Å². The van der Waals surface area contributed by atoms with Crippen LogP contribution in [-0.2, 0) is 0 Å². The zero-order valence-electron chi connectivity index (χ0n) is 10.5. The molecule has 1 heteroatoms. The molecule has 0 saturated heterocycles. The second kappa shape index (κ2) is 4.45. The predicted octanol–water partition coefficient (Wildman–Crippen LogP) is 3.30. The first-order valence-electron chi connectivity index (χ1n) is 5.36. The summed E-state index contributed by atoms with van der Waals surface area (Å²) >= 11 is 0. The Hall–Kier alpha value is -0.0400. The minimum atomic E-state index is 0.396. The highest BCUT2D eigenvalue weighted by Gasteiger charge is 2.22. The van der Waals surface area contributed by atoms with Gasteiger partial charge in [0.2, 0.25) is 0 Å². The van der Waals surface area contributed by atoms with Gasteiger partial charge >= 0.3 is 0 Å². The molecule has 0 unspecified atom stereocenters. The monoisotopic (exact) mass is 185 g/mol. The molecule has 0 aliphatic carbocycles. The molecule has 0 spiro atoms. The van der Waals surface area contributed by atoms with Crippen molar-refractivity contribution in [2.45, 2.75) is 48.5 Å². The number of rotatable bonds is 4. The Kier molecular flexibility index (Phi) is 4.44. The average Bonchev–Trinajstić information content (AvgIpc) is 1.82. The molecule has 1 N–H and O–H groups in total. The Balaban J connectivity index is 3.77. The molecule has 0 heterocycles. The van der Waals surface area contributed by atoms with E-state index in [2.05, 4.69) is 53.8 Å². The van der Waals surface area contributed by atoms with E-state index in [0.717, 1.165) is 19.0 Å². The Morgan fingerprint density at radius 1 is 0.923 bits per heavy atom. The van der Waals surface area contributed by atoms with Crippen molar-refractivity contribution in [2.75, 3.05) is 13.1 Å². The summed E-state index contributed by atoms with van der Waals surface area (Å²) in [6.07, 6.45) is 0. The molecule has 13 heavy (non-hydrogen) atoms. The van der Waals surface area contributed by atoms with Crippen LogP contribution in [0.2, 0.25) is 0 Å². The lowest BCUT2D eigenvalue weighted by Gasteiger charge is -2.31. The van der Waals surface area contributed by atoms with Crippen molar-refractivity contribution in [3.63, 3.8) is 0 Å². The van der Waals surface area contributed by atoms with Gasteiger partial charge < -0.3 is 5.32 Å². The first-order valence-corrected chi connectivity index (χ1v) is 5.36. The smallest absolute Gasteiger partial charge is 0.000519 e. The fourth-order valence-electron chi connectivity index (χ4n) is 0.964. The molecule has 0 aliphatic heterocycles. The molecule has 1 nitrogen and oxygen atoms in total. The van der Waals surface area contributed by atoms with Gasteiger partial charge in [0, 0.05) is 13.1 Å². The summed E-state index contributed by atoms with van der Waals surface area (Å²) in [5, 5.41) is 3.55. The highest BCUT2D eigenvalue weighted by Crippen LogP contribution is 2.25. The van der Waals surface area contributed by atoms with Crippen molar-refractivity contribution < 1.29 is 0 Å². The maximum atomic E-state index is 3.55. The standard InChI is InChI=1S/C12H27N/c1-10(2)12(6,7)9-13-8-11(3,4)5/h10,13H,8-9H2,1-7H3.